The Balaban J connectivity index is 1.22. The fourth-order valence-corrected chi connectivity index (χ4v) is 7.53. The molecule has 0 radical (unpaired) electrons. The van der Waals surface area contributed by atoms with Gasteiger partial charge in [0.2, 0.25) is 0 Å². The molecule has 0 fully saturated rings. The number of rotatable bonds is 8. The van der Waals surface area contributed by atoms with E-state index in [0.717, 1.165) is 16.7 Å². The van der Waals surface area contributed by atoms with Gasteiger partial charge in [0.25, 0.3) is 0 Å². The molecule has 0 atom stereocenters. The smallest absolute Gasteiger partial charge is 0.00208 e. The molecule has 9 rings (SSSR count). The minimum Gasteiger partial charge on any atom is -0.0622 e. The van der Waals surface area contributed by atoms with Gasteiger partial charge in [-0.15, -0.1) is 0 Å². The van der Waals surface area contributed by atoms with Gasteiger partial charge >= 0.3 is 0 Å². The summed E-state index contributed by atoms with van der Waals surface area (Å²) in [6, 6.07) is 69.8. The molecule has 52 heavy (non-hydrogen) atoms. The molecule has 0 spiro atoms. The summed E-state index contributed by atoms with van der Waals surface area (Å²) in [6.45, 7) is 0. The van der Waals surface area contributed by atoms with Crippen LogP contribution in [0.15, 0.2) is 194 Å². The van der Waals surface area contributed by atoms with Crippen LogP contribution in [0.3, 0.4) is 0 Å². The first-order valence-electron chi connectivity index (χ1n) is 17.9. The van der Waals surface area contributed by atoms with Gasteiger partial charge in [0.05, 0.1) is 0 Å². The minimum absolute atomic E-state index is 1.15. The predicted octanol–water partition coefficient (Wildman–Crippen LogP) is 13.9. The maximum atomic E-state index is 2.33. The summed E-state index contributed by atoms with van der Waals surface area (Å²) in [5.74, 6) is 0. The lowest BCUT2D eigenvalue weighted by Gasteiger charge is -2.13. The van der Waals surface area contributed by atoms with Crippen LogP contribution in [-0.2, 0) is 0 Å². The van der Waals surface area contributed by atoms with E-state index in [1.54, 1.807) is 0 Å². The molecule has 0 N–H and O–H groups in total. The molecule has 0 saturated carbocycles. The van der Waals surface area contributed by atoms with Crippen molar-refractivity contribution in [2.24, 2.45) is 0 Å². The van der Waals surface area contributed by atoms with Gasteiger partial charge in [-0.2, -0.15) is 0 Å². The first-order valence-corrected chi connectivity index (χ1v) is 17.9. The van der Waals surface area contributed by atoms with E-state index in [2.05, 4.69) is 218 Å². The Kier molecular flexibility index (Phi) is 8.33. The topological polar surface area (TPSA) is 0 Å². The zero-order valence-electron chi connectivity index (χ0n) is 28.8. The summed E-state index contributed by atoms with van der Waals surface area (Å²) >= 11 is 0. The lowest BCUT2D eigenvalue weighted by Crippen LogP contribution is -1.91. The van der Waals surface area contributed by atoms with Crippen LogP contribution in [0.25, 0.3) is 67.8 Å². The summed E-state index contributed by atoms with van der Waals surface area (Å²) in [5.41, 5.74) is 11.8. The summed E-state index contributed by atoms with van der Waals surface area (Å²) in [4.78, 5) is 0. The molecule has 0 amide bonds. The average molecular weight is 661 g/mol. The molecule has 0 nitrogen and oxygen atoms in total. The zero-order valence-corrected chi connectivity index (χ0v) is 28.8. The van der Waals surface area contributed by atoms with E-state index < -0.39 is 0 Å². The highest BCUT2D eigenvalue weighted by Gasteiger charge is 2.11. The van der Waals surface area contributed by atoms with Crippen LogP contribution in [-0.4, -0.2) is 0 Å². The number of hydrogen-bond acceptors (Lipinski definition) is 0. The molecule has 244 valence electrons. The largest absolute Gasteiger partial charge is 0.0622 e. The zero-order chi connectivity index (χ0) is 34.7. The van der Waals surface area contributed by atoms with Gasteiger partial charge in [-0.25, -0.2) is 0 Å². The summed E-state index contributed by atoms with van der Waals surface area (Å²) < 4.78 is 0. The standard InChI is InChI=1S/C52H36/c1-5-14-40(15-6-1)49(41-16-7-2-8-17-41)35-38-32-37(33-39(34-38)36-50(42-18-9-3-10-19-42)43-20-11-4-12-21-43)24-25-44-26-27-47-29-28-45-22-13-23-46-30-31-48(44)52(47)51(45)46/h1-36H. The third kappa shape index (κ3) is 6.23. The summed E-state index contributed by atoms with van der Waals surface area (Å²) in [6.07, 6.45) is 9.23. The molecule has 9 aromatic carbocycles. The molecule has 0 aliphatic carbocycles. The highest BCUT2D eigenvalue weighted by atomic mass is 14.2. The summed E-state index contributed by atoms with van der Waals surface area (Å²) in [5, 5.41) is 7.81. The Morgan fingerprint density at radius 2 is 0.712 bits per heavy atom. The SMILES string of the molecule is C(=Cc1ccc2ccc3cccc4ccc1c2c34)c1cc(C=C(c2ccccc2)c2ccccc2)cc(C=C(c2ccccc2)c2ccccc2)c1. The summed E-state index contributed by atoms with van der Waals surface area (Å²) in [7, 11) is 0. The van der Waals surface area contributed by atoms with E-state index in [-0.39, 0.29) is 0 Å². The third-order valence-corrected chi connectivity index (χ3v) is 9.98. The maximum absolute atomic E-state index is 2.33. The van der Waals surface area contributed by atoms with Gasteiger partial charge in [-0.3, -0.25) is 0 Å². The predicted molar refractivity (Wildman–Crippen MR) is 225 cm³/mol. The lowest BCUT2D eigenvalue weighted by molar-refractivity contribution is 1.53. The Morgan fingerprint density at radius 1 is 0.308 bits per heavy atom. The highest BCUT2D eigenvalue weighted by Crippen LogP contribution is 2.37. The van der Waals surface area contributed by atoms with Crippen LogP contribution in [0.5, 0.6) is 0 Å². The average Bonchev–Trinajstić information content (AvgIpc) is 3.22. The Bertz CT molecular complexity index is 2520. The minimum atomic E-state index is 1.15. The molecule has 9 aromatic rings. The van der Waals surface area contributed by atoms with Gasteiger partial charge in [-0.05, 0) is 118 Å². The number of benzene rings is 9. The third-order valence-electron chi connectivity index (χ3n) is 9.98. The van der Waals surface area contributed by atoms with Gasteiger partial charge in [0.1, 0.15) is 0 Å². The molecular weight excluding hydrogens is 625 g/mol. The Hall–Kier alpha value is -6.76. The molecule has 0 unspecified atom stereocenters. The van der Waals surface area contributed by atoms with E-state index >= 15 is 0 Å². The van der Waals surface area contributed by atoms with Gasteiger partial charge in [0, 0.05) is 0 Å². The number of hydrogen-bond donors (Lipinski definition) is 0. The molecular formula is C52H36. The monoisotopic (exact) mass is 660 g/mol. The molecule has 0 heteroatoms. The molecule has 0 heterocycles. The van der Waals surface area contributed by atoms with Crippen molar-refractivity contribution in [2.75, 3.05) is 0 Å². The van der Waals surface area contributed by atoms with Crippen molar-refractivity contribution in [3.05, 3.63) is 239 Å². The van der Waals surface area contributed by atoms with Gasteiger partial charge in [-0.1, -0.05) is 188 Å². The Morgan fingerprint density at radius 3 is 1.19 bits per heavy atom. The first-order chi connectivity index (χ1) is 25.8. The molecule has 0 saturated heterocycles. The van der Waals surface area contributed by atoms with Crippen molar-refractivity contribution in [1.29, 1.82) is 0 Å². The van der Waals surface area contributed by atoms with E-state index in [0.29, 0.717) is 0 Å². The van der Waals surface area contributed by atoms with Gasteiger partial charge in [0.15, 0.2) is 0 Å². The molecule has 0 aromatic heterocycles. The fourth-order valence-electron chi connectivity index (χ4n) is 7.53. The first kappa shape index (κ1) is 31.2. The van der Waals surface area contributed by atoms with Crippen molar-refractivity contribution >= 4 is 67.8 Å². The van der Waals surface area contributed by atoms with Crippen LogP contribution in [0.4, 0.5) is 0 Å². The van der Waals surface area contributed by atoms with E-state index in [1.165, 1.54) is 71.3 Å². The van der Waals surface area contributed by atoms with Crippen LogP contribution in [0.2, 0.25) is 0 Å². The second-order valence-electron chi connectivity index (χ2n) is 13.4. The van der Waals surface area contributed by atoms with Crippen LogP contribution in [0, 0.1) is 0 Å². The van der Waals surface area contributed by atoms with E-state index in [4.69, 9.17) is 0 Å². The van der Waals surface area contributed by atoms with Crippen molar-refractivity contribution in [1.82, 2.24) is 0 Å². The van der Waals surface area contributed by atoms with Crippen LogP contribution >= 0.6 is 0 Å². The van der Waals surface area contributed by atoms with Gasteiger partial charge < -0.3 is 0 Å². The quantitative estimate of drug-likeness (QED) is 0.112. The van der Waals surface area contributed by atoms with Crippen molar-refractivity contribution < 1.29 is 0 Å². The lowest BCUT2D eigenvalue weighted by atomic mass is 9.91. The van der Waals surface area contributed by atoms with E-state index in [1.807, 2.05) is 0 Å². The Labute approximate surface area is 305 Å². The molecule has 0 aliphatic heterocycles. The second-order valence-corrected chi connectivity index (χ2v) is 13.4. The molecule has 0 aliphatic rings. The van der Waals surface area contributed by atoms with Crippen molar-refractivity contribution in [3.63, 3.8) is 0 Å². The fraction of sp³-hybridized carbons (Fsp3) is 0. The van der Waals surface area contributed by atoms with Crippen LogP contribution < -0.4 is 0 Å². The van der Waals surface area contributed by atoms with E-state index in [9.17, 15) is 0 Å². The molecule has 0 bridgehead atoms. The van der Waals surface area contributed by atoms with Crippen molar-refractivity contribution in [3.8, 4) is 0 Å². The maximum Gasteiger partial charge on any atom is -0.00208 e. The highest BCUT2D eigenvalue weighted by molar-refractivity contribution is 6.24. The second kappa shape index (κ2) is 13.9. The normalized spacial score (nSPS) is 11.4. The van der Waals surface area contributed by atoms with Crippen molar-refractivity contribution in [2.45, 2.75) is 0 Å². The van der Waals surface area contributed by atoms with Crippen LogP contribution in [0.1, 0.15) is 44.5 Å².